The molecule has 21 heavy (non-hydrogen) atoms. The number of rotatable bonds is 4. The maximum absolute atomic E-state index is 11.9. The number of aliphatic hydroxyl groups is 1. The minimum absolute atomic E-state index is 0.223. The van der Waals surface area contributed by atoms with E-state index in [4.69, 9.17) is 5.73 Å². The van der Waals surface area contributed by atoms with E-state index in [9.17, 15) is 9.90 Å². The highest BCUT2D eigenvalue weighted by Crippen LogP contribution is 2.57. The molecule has 4 saturated carbocycles. The van der Waals surface area contributed by atoms with Crippen LogP contribution in [0.5, 0.6) is 0 Å². The van der Waals surface area contributed by atoms with Gasteiger partial charge in [0.25, 0.3) is 0 Å². The van der Waals surface area contributed by atoms with Gasteiger partial charge in [-0.2, -0.15) is 0 Å². The van der Waals surface area contributed by atoms with Crippen LogP contribution in [0, 0.1) is 23.7 Å². The van der Waals surface area contributed by atoms with Crippen LogP contribution in [0.3, 0.4) is 0 Å². The van der Waals surface area contributed by atoms with E-state index in [1.165, 1.54) is 32.1 Å². The largest absolute Gasteiger partial charge is 0.389 e. The average molecular weight is 295 g/mol. The Bertz CT molecular complexity index is 388. The molecule has 120 valence electrons. The number of nitrogens with one attached hydrogen (secondary N) is 2. The van der Waals surface area contributed by atoms with E-state index in [0.29, 0.717) is 18.4 Å². The van der Waals surface area contributed by atoms with Gasteiger partial charge >= 0.3 is 6.03 Å². The van der Waals surface area contributed by atoms with E-state index >= 15 is 0 Å². The second-order valence-electron chi connectivity index (χ2n) is 8.27. The molecule has 0 aromatic rings. The van der Waals surface area contributed by atoms with Gasteiger partial charge < -0.3 is 21.5 Å². The summed E-state index contributed by atoms with van der Waals surface area (Å²) >= 11 is 0. The van der Waals surface area contributed by atoms with Crippen molar-refractivity contribution in [1.82, 2.24) is 10.6 Å². The van der Waals surface area contributed by atoms with Crippen molar-refractivity contribution in [1.29, 1.82) is 0 Å². The monoisotopic (exact) mass is 295 g/mol. The third-order valence-corrected chi connectivity index (χ3v) is 5.89. The van der Waals surface area contributed by atoms with Gasteiger partial charge in [-0.3, -0.25) is 0 Å². The van der Waals surface area contributed by atoms with Crippen LogP contribution in [-0.4, -0.2) is 35.4 Å². The van der Waals surface area contributed by atoms with Crippen LogP contribution in [0.2, 0.25) is 0 Å². The van der Waals surface area contributed by atoms with Gasteiger partial charge in [0.15, 0.2) is 0 Å². The molecular weight excluding hydrogens is 266 g/mol. The second-order valence-corrected chi connectivity index (χ2v) is 8.27. The molecule has 0 unspecified atom stereocenters. The number of carbonyl (C=O) groups excluding carboxylic acids is 1. The lowest BCUT2D eigenvalue weighted by molar-refractivity contribution is -0.0530. The summed E-state index contributed by atoms with van der Waals surface area (Å²) in [6, 6.07) is -0.226. The minimum Gasteiger partial charge on any atom is -0.389 e. The standard InChI is InChI=1S/C16H29N3O2/c1-15(2,21)8-18-14(20)19-9-16(17)12-4-10-3-11(6-12)7-13(16)5-10/h10-13,21H,3-9,17H2,1-2H3,(H2,18,19,20). The maximum Gasteiger partial charge on any atom is 0.314 e. The van der Waals surface area contributed by atoms with Gasteiger partial charge in [0, 0.05) is 18.6 Å². The molecule has 0 radical (unpaired) electrons. The van der Waals surface area contributed by atoms with Crippen molar-refractivity contribution in [2.45, 2.75) is 57.1 Å². The molecule has 0 spiro atoms. The van der Waals surface area contributed by atoms with Crippen molar-refractivity contribution in [2.24, 2.45) is 29.4 Å². The van der Waals surface area contributed by atoms with Crippen LogP contribution in [0.25, 0.3) is 0 Å². The molecule has 0 heterocycles. The number of carbonyl (C=O) groups is 1. The molecule has 4 aliphatic rings. The fourth-order valence-electron chi connectivity index (χ4n) is 4.94. The number of hydrogen-bond acceptors (Lipinski definition) is 3. The Morgan fingerprint density at radius 1 is 1.14 bits per heavy atom. The normalized spacial score (nSPS) is 41.1. The number of amides is 2. The molecule has 5 nitrogen and oxygen atoms in total. The van der Waals surface area contributed by atoms with Crippen LogP contribution < -0.4 is 16.4 Å². The maximum atomic E-state index is 11.9. The summed E-state index contributed by atoms with van der Waals surface area (Å²) in [6.07, 6.45) is 6.39. The first kappa shape index (κ1) is 15.1. The van der Waals surface area contributed by atoms with Gasteiger partial charge in [-0.25, -0.2) is 4.79 Å². The smallest absolute Gasteiger partial charge is 0.314 e. The SMILES string of the molecule is CC(C)(O)CNC(=O)NCC1(N)C2CC3CC(C2)CC1C3. The Kier molecular flexibility index (Phi) is 3.69. The van der Waals surface area contributed by atoms with Gasteiger partial charge in [0.1, 0.15) is 0 Å². The summed E-state index contributed by atoms with van der Waals surface area (Å²) in [6.45, 7) is 4.15. The van der Waals surface area contributed by atoms with Crippen molar-refractivity contribution < 1.29 is 9.90 Å². The van der Waals surface area contributed by atoms with E-state index in [2.05, 4.69) is 10.6 Å². The van der Waals surface area contributed by atoms with Crippen LogP contribution in [0.4, 0.5) is 4.79 Å². The lowest BCUT2D eigenvalue weighted by Crippen LogP contribution is -2.67. The third-order valence-electron chi connectivity index (χ3n) is 5.89. The van der Waals surface area contributed by atoms with E-state index < -0.39 is 5.60 Å². The Labute approximate surface area is 127 Å². The van der Waals surface area contributed by atoms with Crippen molar-refractivity contribution >= 4 is 6.03 Å². The van der Waals surface area contributed by atoms with Gasteiger partial charge in [-0.1, -0.05) is 0 Å². The Hall–Kier alpha value is -0.810. The molecule has 0 saturated heterocycles. The minimum atomic E-state index is -0.889. The topological polar surface area (TPSA) is 87.4 Å². The highest BCUT2D eigenvalue weighted by atomic mass is 16.3. The van der Waals surface area contributed by atoms with Crippen molar-refractivity contribution in [2.75, 3.05) is 13.1 Å². The molecule has 5 N–H and O–H groups in total. The summed E-state index contributed by atoms with van der Waals surface area (Å²) in [5.74, 6) is 2.91. The Morgan fingerprint density at radius 3 is 2.14 bits per heavy atom. The predicted molar refractivity (Wildman–Crippen MR) is 81.7 cm³/mol. The van der Waals surface area contributed by atoms with Crippen LogP contribution >= 0.6 is 0 Å². The molecule has 4 aliphatic carbocycles. The number of nitrogens with two attached hydrogens (primary N) is 1. The molecule has 4 bridgehead atoms. The van der Waals surface area contributed by atoms with E-state index in [0.717, 1.165) is 11.8 Å². The van der Waals surface area contributed by atoms with Gasteiger partial charge in [0.05, 0.1) is 5.60 Å². The summed E-state index contributed by atoms with van der Waals surface area (Å²) in [5, 5.41) is 15.3. The quantitative estimate of drug-likeness (QED) is 0.629. The van der Waals surface area contributed by atoms with Gasteiger partial charge in [-0.05, 0) is 69.6 Å². The molecule has 0 aromatic heterocycles. The summed E-state index contributed by atoms with van der Waals surface area (Å²) in [7, 11) is 0. The molecule has 4 fully saturated rings. The zero-order valence-corrected chi connectivity index (χ0v) is 13.2. The molecular formula is C16H29N3O2. The molecule has 0 aromatic carbocycles. The lowest BCUT2D eigenvalue weighted by Gasteiger charge is -2.59. The predicted octanol–water partition coefficient (Wildman–Crippen LogP) is 1.21. The van der Waals surface area contributed by atoms with Crippen LogP contribution in [0.1, 0.15) is 46.0 Å². The highest BCUT2D eigenvalue weighted by molar-refractivity contribution is 5.74. The first-order valence-electron chi connectivity index (χ1n) is 8.29. The fourth-order valence-corrected chi connectivity index (χ4v) is 4.94. The Balaban J connectivity index is 1.54. The summed E-state index contributed by atoms with van der Waals surface area (Å²) in [5.41, 5.74) is 5.62. The first-order chi connectivity index (χ1) is 9.76. The summed E-state index contributed by atoms with van der Waals surface area (Å²) in [4.78, 5) is 11.9. The number of urea groups is 1. The highest BCUT2D eigenvalue weighted by Gasteiger charge is 2.55. The first-order valence-corrected chi connectivity index (χ1v) is 8.29. The second kappa shape index (κ2) is 5.13. The van der Waals surface area contributed by atoms with Crippen molar-refractivity contribution in [3.63, 3.8) is 0 Å². The van der Waals surface area contributed by atoms with E-state index in [-0.39, 0.29) is 18.1 Å². The van der Waals surface area contributed by atoms with Crippen molar-refractivity contribution in [3.8, 4) is 0 Å². The van der Waals surface area contributed by atoms with Crippen LogP contribution in [-0.2, 0) is 0 Å². The van der Waals surface area contributed by atoms with Gasteiger partial charge in [-0.15, -0.1) is 0 Å². The Morgan fingerprint density at radius 2 is 1.67 bits per heavy atom. The molecule has 0 atom stereocenters. The summed E-state index contributed by atoms with van der Waals surface area (Å²) < 4.78 is 0. The molecule has 5 heteroatoms. The molecule has 4 rings (SSSR count). The van der Waals surface area contributed by atoms with Crippen molar-refractivity contribution in [3.05, 3.63) is 0 Å². The van der Waals surface area contributed by atoms with E-state index in [1.54, 1.807) is 13.8 Å². The number of hydrogen-bond donors (Lipinski definition) is 4. The molecule has 0 aliphatic heterocycles. The molecule has 2 amide bonds. The third kappa shape index (κ3) is 3.04. The van der Waals surface area contributed by atoms with Crippen LogP contribution in [0.15, 0.2) is 0 Å². The van der Waals surface area contributed by atoms with E-state index in [1.807, 2.05) is 0 Å². The van der Waals surface area contributed by atoms with Gasteiger partial charge in [0.2, 0.25) is 0 Å². The zero-order valence-electron chi connectivity index (χ0n) is 13.2. The average Bonchev–Trinajstić information content (AvgIpc) is 2.39. The fraction of sp³-hybridized carbons (Fsp3) is 0.938. The lowest BCUT2D eigenvalue weighted by atomic mass is 9.49. The zero-order chi connectivity index (χ0) is 15.3.